The summed E-state index contributed by atoms with van der Waals surface area (Å²) in [6.45, 7) is -0.108. The van der Waals surface area contributed by atoms with E-state index in [1.807, 2.05) is 10.6 Å². The molecule has 2 aliphatic heterocycles. The summed E-state index contributed by atoms with van der Waals surface area (Å²) in [6, 6.07) is 8.84. The molecule has 144 valence electrons. The monoisotopic (exact) mass is 400 g/mol. The zero-order valence-electron chi connectivity index (χ0n) is 14.3. The molecule has 27 heavy (non-hydrogen) atoms. The number of carbonyl (C=O) groups is 1. The Morgan fingerprint density at radius 2 is 1.93 bits per heavy atom. The van der Waals surface area contributed by atoms with Crippen molar-refractivity contribution >= 4 is 17.5 Å². The highest BCUT2D eigenvalue weighted by atomic mass is 35.5. The average molecular weight is 401 g/mol. The molecule has 2 aliphatic rings. The normalized spacial score (nSPS) is 17.9. The molecule has 3 heterocycles. The molecule has 1 fully saturated rings. The predicted octanol–water partition coefficient (Wildman–Crippen LogP) is 3.91. The lowest BCUT2D eigenvalue weighted by Gasteiger charge is -2.45. The number of hydrogen-bond donors (Lipinski definition) is 0. The van der Waals surface area contributed by atoms with E-state index in [0.29, 0.717) is 16.7 Å². The lowest BCUT2D eigenvalue weighted by Crippen LogP contribution is -2.52. The maximum atomic E-state index is 12.7. The number of amides is 1. The van der Waals surface area contributed by atoms with E-state index in [-0.39, 0.29) is 25.9 Å². The van der Waals surface area contributed by atoms with Crippen molar-refractivity contribution < 1.29 is 27.4 Å². The third-order valence-electron chi connectivity index (χ3n) is 5.09. The molecule has 1 amide bonds. The van der Waals surface area contributed by atoms with Gasteiger partial charge in [0.15, 0.2) is 11.5 Å². The third-order valence-corrected chi connectivity index (χ3v) is 5.33. The Kier molecular flexibility index (Phi) is 4.06. The number of methoxy groups -OCH3 is 1. The number of carbonyl (C=O) groups excluding carboxylic acids is 1. The van der Waals surface area contributed by atoms with Crippen molar-refractivity contribution in [2.24, 2.45) is 0 Å². The molecule has 0 N–H and O–H groups in total. The first kappa shape index (κ1) is 18.0. The summed E-state index contributed by atoms with van der Waals surface area (Å²) >= 11 is 6.10. The van der Waals surface area contributed by atoms with Gasteiger partial charge in [0.1, 0.15) is 5.75 Å². The van der Waals surface area contributed by atoms with Crippen LogP contribution in [-0.4, -0.2) is 41.7 Å². The maximum absolute atomic E-state index is 12.7. The molecule has 0 unspecified atom stereocenters. The highest BCUT2D eigenvalue weighted by Gasteiger charge is 2.49. The van der Waals surface area contributed by atoms with E-state index in [2.05, 4.69) is 0 Å². The Bertz CT molecular complexity index is 902. The highest BCUT2D eigenvalue weighted by molar-refractivity contribution is 6.30. The quantitative estimate of drug-likeness (QED) is 0.729. The van der Waals surface area contributed by atoms with Gasteiger partial charge < -0.3 is 14.4 Å². The summed E-state index contributed by atoms with van der Waals surface area (Å²) < 4.78 is 51.8. The fourth-order valence-corrected chi connectivity index (χ4v) is 3.97. The topological polar surface area (TPSA) is 43.7 Å². The number of likely N-dealkylation sites (tertiary alicyclic amines) is 1. The van der Waals surface area contributed by atoms with Crippen LogP contribution >= 0.6 is 11.6 Å². The van der Waals surface area contributed by atoms with Gasteiger partial charge >= 0.3 is 12.1 Å². The summed E-state index contributed by atoms with van der Waals surface area (Å²) in [7, 11) is 1.55. The zero-order valence-corrected chi connectivity index (χ0v) is 15.1. The van der Waals surface area contributed by atoms with Crippen LogP contribution in [0.5, 0.6) is 11.6 Å². The van der Waals surface area contributed by atoms with E-state index in [1.165, 1.54) is 0 Å². The lowest BCUT2D eigenvalue weighted by atomic mass is 9.86. The molecular weight excluding hydrogens is 385 g/mol. The van der Waals surface area contributed by atoms with Crippen molar-refractivity contribution in [1.82, 2.24) is 9.47 Å². The third kappa shape index (κ3) is 2.82. The molecule has 1 saturated heterocycles. The molecule has 1 spiro atoms. The second-order valence-corrected chi connectivity index (χ2v) is 7.03. The lowest BCUT2D eigenvalue weighted by molar-refractivity contribution is -0.188. The van der Waals surface area contributed by atoms with Crippen molar-refractivity contribution in [1.29, 1.82) is 0 Å². The van der Waals surface area contributed by atoms with Crippen molar-refractivity contribution in [2.75, 3.05) is 20.2 Å². The Labute approximate surface area is 158 Å². The van der Waals surface area contributed by atoms with Gasteiger partial charge in [-0.2, -0.15) is 13.2 Å². The number of nitrogens with zero attached hydrogens (tertiary/aromatic N) is 2. The first-order valence-electron chi connectivity index (χ1n) is 8.36. The first-order chi connectivity index (χ1) is 12.7. The maximum Gasteiger partial charge on any atom is 0.471 e. The van der Waals surface area contributed by atoms with Gasteiger partial charge in [-0.25, -0.2) is 0 Å². The number of rotatable bonds is 1. The van der Waals surface area contributed by atoms with Crippen molar-refractivity contribution in [3.8, 4) is 17.3 Å². The Hall–Kier alpha value is -2.35. The number of fused-ring (bicyclic) bond motifs is 4. The minimum Gasteiger partial charge on any atom is -0.482 e. The van der Waals surface area contributed by atoms with Crippen molar-refractivity contribution in [3.05, 3.63) is 41.0 Å². The standard InChI is InChI=1S/C18H16ClF3N2O3/c1-26-15-5-4-14-17(6-8-23(9-7-17)16(25)18(20,21)22)27-13-10-11(19)2-3-12(13)24(14)15/h2-5,10H,6-9H2,1H3. The van der Waals surface area contributed by atoms with Gasteiger partial charge in [-0.05, 0) is 18.2 Å². The average Bonchev–Trinajstić information content (AvgIpc) is 3.06. The second kappa shape index (κ2) is 6.09. The van der Waals surface area contributed by atoms with Gasteiger partial charge in [-0.15, -0.1) is 0 Å². The minimum atomic E-state index is -4.87. The van der Waals surface area contributed by atoms with Crippen LogP contribution in [-0.2, 0) is 10.4 Å². The van der Waals surface area contributed by atoms with Crippen LogP contribution in [0, 0.1) is 0 Å². The van der Waals surface area contributed by atoms with E-state index < -0.39 is 17.7 Å². The molecule has 1 aromatic carbocycles. The van der Waals surface area contributed by atoms with Gasteiger partial charge in [-0.3, -0.25) is 9.36 Å². The van der Waals surface area contributed by atoms with Gasteiger partial charge in [0.25, 0.3) is 0 Å². The van der Waals surface area contributed by atoms with Gasteiger partial charge in [-0.1, -0.05) is 11.6 Å². The molecular formula is C18H16ClF3N2O3. The van der Waals surface area contributed by atoms with Crippen LogP contribution in [0.4, 0.5) is 13.2 Å². The molecule has 0 atom stereocenters. The summed E-state index contributed by atoms with van der Waals surface area (Å²) in [5, 5.41) is 0.489. The number of piperidine rings is 1. The fourth-order valence-electron chi connectivity index (χ4n) is 3.81. The van der Waals surface area contributed by atoms with Crippen molar-refractivity contribution in [2.45, 2.75) is 24.6 Å². The molecule has 4 rings (SSSR count). The molecule has 0 aliphatic carbocycles. The minimum absolute atomic E-state index is 0.0538. The fraction of sp³-hybridized carbons (Fsp3) is 0.389. The van der Waals surface area contributed by atoms with E-state index in [0.717, 1.165) is 16.3 Å². The SMILES string of the molecule is COc1ccc2n1-c1ccc(Cl)cc1OC21CCN(C(=O)C(F)(F)F)CC1. The number of ether oxygens (including phenoxy) is 2. The van der Waals surface area contributed by atoms with Crippen LogP contribution < -0.4 is 9.47 Å². The van der Waals surface area contributed by atoms with E-state index >= 15 is 0 Å². The molecule has 2 aromatic rings. The summed E-state index contributed by atoms with van der Waals surface area (Å²) in [4.78, 5) is 12.4. The molecule has 0 bridgehead atoms. The molecule has 5 nitrogen and oxygen atoms in total. The molecule has 1 aromatic heterocycles. The van der Waals surface area contributed by atoms with Crippen LogP contribution in [0.1, 0.15) is 18.5 Å². The summed E-state index contributed by atoms with van der Waals surface area (Å²) in [5.41, 5.74) is 0.681. The summed E-state index contributed by atoms with van der Waals surface area (Å²) in [5.74, 6) is -0.699. The van der Waals surface area contributed by atoms with Gasteiger partial charge in [0.2, 0.25) is 0 Å². The number of halogens is 4. The molecule has 9 heteroatoms. The second-order valence-electron chi connectivity index (χ2n) is 6.59. The van der Waals surface area contributed by atoms with E-state index in [1.54, 1.807) is 31.4 Å². The highest BCUT2D eigenvalue weighted by Crippen LogP contribution is 2.48. The van der Waals surface area contributed by atoms with Crippen molar-refractivity contribution in [3.63, 3.8) is 0 Å². The number of benzene rings is 1. The Balaban J connectivity index is 1.72. The predicted molar refractivity (Wildman–Crippen MR) is 91.5 cm³/mol. The number of alkyl halides is 3. The van der Waals surface area contributed by atoms with Crippen LogP contribution in [0.3, 0.4) is 0 Å². The summed E-state index contributed by atoms with van der Waals surface area (Å²) in [6.07, 6.45) is -4.41. The zero-order chi connectivity index (χ0) is 19.4. The number of hydrogen-bond acceptors (Lipinski definition) is 3. The Morgan fingerprint density at radius 3 is 2.56 bits per heavy atom. The Morgan fingerprint density at radius 1 is 1.22 bits per heavy atom. The van der Waals surface area contributed by atoms with Crippen LogP contribution in [0.15, 0.2) is 30.3 Å². The van der Waals surface area contributed by atoms with Gasteiger partial charge in [0, 0.05) is 43.1 Å². The molecule has 0 saturated carbocycles. The van der Waals surface area contributed by atoms with Crippen LogP contribution in [0.25, 0.3) is 5.69 Å². The van der Waals surface area contributed by atoms with E-state index in [9.17, 15) is 18.0 Å². The molecule has 0 radical (unpaired) electrons. The first-order valence-corrected chi connectivity index (χ1v) is 8.74. The van der Waals surface area contributed by atoms with Gasteiger partial charge in [0.05, 0.1) is 18.5 Å². The largest absolute Gasteiger partial charge is 0.482 e. The van der Waals surface area contributed by atoms with Crippen LogP contribution in [0.2, 0.25) is 5.02 Å². The smallest absolute Gasteiger partial charge is 0.471 e. The van der Waals surface area contributed by atoms with E-state index in [4.69, 9.17) is 21.1 Å². The number of aromatic nitrogens is 1.